The van der Waals surface area contributed by atoms with Crippen molar-refractivity contribution in [1.29, 1.82) is 0 Å². The maximum Gasteiger partial charge on any atom is 0.266 e. The Balaban J connectivity index is 1.64. The molecule has 1 aromatic carbocycles. The summed E-state index contributed by atoms with van der Waals surface area (Å²) >= 11 is 1.43. The molecule has 5 nitrogen and oxygen atoms in total. The van der Waals surface area contributed by atoms with Crippen LogP contribution in [0, 0.1) is 6.92 Å². The predicted octanol–water partition coefficient (Wildman–Crippen LogP) is 3.13. The van der Waals surface area contributed by atoms with Crippen LogP contribution >= 0.6 is 11.3 Å². The lowest BCUT2D eigenvalue weighted by Gasteiger charge is -2.42. The number of carbonyl (C=O) groups excluding carboxylic acids is 1. The molecular formula is C20H25N3O2S. The Hall–Kier alpha value is -1.76. The van der Waals surface area contributed by atoms with Gasteiger partial charge in [-0.05, 0) is 38.4 Å². The molecule has 0 spiro atoms. The zero-order valence-corrected chi connectivity index (χ0v) is 16.0. The van der Waals surface area contributed by atoms with Crippen LogP contribution < -0.4 is 0 Å². The van der Waals surface area contributed by atoms with Gasteiger partial charge in [0.2, 0.25) is 0 Å². The molecule has 2 atom stereocenters. The quantitative estimate of drug-likeness (QED) is 0.828. The minimum Gasteiger partial charge on any atom is -0.373 e. The van der Waals surface area contributed by atoms with Gasteiger partial charge in [0.25, 0.3) is 5.91 Å². The molecule has 138 valence electrons. The van der Waals surface area contributed by atoms with Crippen LogP contribution in [0.25, 0.3) is 0 Å². The first-order chi connectivity index (χ1) is 12.7. The van der Waals surface area contributed by atoms with Crippen molar-refractivity contribution in [3.63, 3.8) is 0 Å². The van der Waals surface area contributed by atoms with Gasteiger partial charge in [0.05, 0.1) is 30.0 Å². The number of nitrogens with zero attached hydrogens (tertiary/aromatic N) is 3. The summed E-state index contributed by atoms with van der Waals surface area (Å²) in [7, 11) is 0. The second kappa shape index (κ2) is 7.86. The van der Waals surface area contributed by atoms with Gasteiger partial charge in [-0.2, -0.15) is 0 Å². The Bertz CT molecular complexity index is 743. The van der Waals surface area contributed by atoms with Crippen LogP contribution in [0.15, 0.2) is 35.8 Å². The van der Waals surface area contributed by atoms with Crippen molar-refractivity contribution in [2.45, 2.75) is 31.9 Å². The maximum atomic E-state index is 13.3. The van der Waals surface area contributed by atoms with Gasteiger partial charge < -0.3 is 14.5 Å². The van der Waals surface area contributed by atoms with Crippen molar-refractivity contribution >= 4 is 17.2 Å². The number of ether oxygens (including phenoxy) is 1. The minimum atomic E-state index is -0.0560. The van der Waals surface area contributed by atoms with Crippen LogP contribution in [0.2, 0.25) is 0 Å². The number of hydrogen-bond donors (Lipinski definition) is 0. The molecule has 2 aliphatic heterocycles. The van der Waals surface area contributed by atoms with Crippen LogP contribution in [0.5, 0.6) is 0 Å². The second-order valence-corrected chi connectivity index (χ2v) is 7.89. The van der Waals surface area contributed by atoms with E-state index in [9.17, 15) is 4.79 Å². The molecule has 2 fully saturated rings. The number of aryl methyl sites for hydroxylation is 1. The zero-order valence-electron chi connectivity index (χ0n) is 15.1. The van der Waals surface area contributed by atoms with Gasteiger partial charge in [-0.1, -0.05) is 30.3 Å². The van der Waals surface area contributed by atoms with E-state index < -0.39 is 0 Å². The number of thiazole rings is 1. The van der Waals surface area contributed by atoms with Crippen LogP contribution in [-0.2, 0) is 4.74 Å². The van der Waals surface area contributed by atoms with Gasteiger partial charge in [-0.3, -0.25) is 4.79 Å². The Morgan fingerprint density at radius 3 is 2.69 bits per heavy atom. The number of benzene rings is 1. The molecule has 26 heavy (non-hydrogen) atoms. The fourth-order valence-electron chi connectivity index (χ4n) is 4.02. The van der Waals surface area contributed by atoms with Crippen molar-refractivity contribution in [2.24, 2.45) is 0 Å². The van der Waals surface area contributed by atoms with Crippen LogP contribution in [-0.4, -0.2) is 59.6 Å². The van der Waals surface area contributed by atoms with Gasteiger partial charge >= 0.3 is 0 Å². The molecule has 0 unspecified atom stereocenters. The number of carbonyl (C=O) groups is 1. The molecule has 3 heterocycles. The Labute approximate surface area is 158 Å². The van der Waals surface area contributed by atoms with Crippen molar-refractivity contribution in [3.8, 4) is 0 Å². The zero-order chi connectivity index (χ0) is 17.9. The average Bonchev–Trinajstić information content (AvgIpc) is 3.33. The van der Waals surface area contributed by atoms with Crippen LogP contribution in [0.3, 0.4) is 0 Å². The standard InChI is InChI=1S/C20H25N3O2S/c1-15-19(26-14-21-15)20(24)23-11-12-25-17(13-22-9-5-6-10-22)18(23)16-7-3-2-4-8-16/h2-4,7-8,14,17-18H,5-6,9-13H2,1H3/t17-,18-/m0/s1. The van der Waals surface area contributed by atoms with E-state index in [0.29, 0.717) is 13.2 Å². The molecule has 1 aromatic heterocycles. The molecule has 2 saturated heterocycles. The third-order valence-electron chi connectivity index (χ3n) is 5.33. The van der Waals surface area contributed by atoms with Crippen molar-refractivity contribution in [1.82, 2.24) is 14.8 Å². The maximum absolute atomic E-state index is 13.3. The van der Waals surface area contributed by atoms with Crippen molar-refractivity contribution < 1.29 is 9.53 Å². The molecular weight excluding hydrogens is 346 g/mol. The highest BCUT2D eigenvalue weighted by molar-refractivity contribution is 7.11. The molecule has 0 radical (unpaired) electrons. The predicted molar refractivity (Wildman–Crippen MR) is 102 cm³/mol. The highest BCUT2D eigenvalue weighted by Crippen LogP contribution is 2.33. The summed E-state index contributed by atoms with van der Waals surface area (Å²) in [5.74, 6) is 0.0774. The number of rotatable bonds is 4. The van der Waals surface area contributed by atoms with Crippen LogP contribution in [0.4, 0.5) is 0 Å². The van der Waals surface area contributed by atoms with E-state index in [2.05, 4.69) is 22.0 Å². The lowest BCUT2D eigenvalue weighted by Crippen LogP contribution is -2.51. The summed E-state index contributed by atoms with van der Waals surface area (Å²) in [4.78, 5) is 22.7. The first-order valence-corrected chi connectivity index (χ1v) is 10.2. The van der Waals surface area contributed by atoms with E-state index in [1.54, 1.807) is 5.51 Å². The molecule has 0 N–H and O–H groups in total. The van der Waals surface area contributed by atoms with Crippen molar-refractivity contribution in [3.05, 3.63) is 52.0 Å². The van der Waals surface area contributed by atoms with Gasteiger partial charge in [-0.25, -0.2) is 4.98 Å². The first-order valence-electron chi connectivity index (χ1n) is 9.34. The topological polar surface area (TPSA) is 45.7 Å². The molecule has 6 heteroatoms. The number of aromatic nitrogens is 1. The third-order valence-corrected chi connectivity index (χ3v) is 6.25. The Kier molecular flexibility index (Phi) is 5.33. The largest absolute Gasteiger partial charge is 0.373 e. The third kappa shape index (κ3) is 3.54. The molecule has 2 aromatic rings. The van der Waals surface area contributed by atoms with Crippen molar-refractivity contribution in [2.75, 3.05) is 32.8 Å². The van der Waals surface area contributed by atoms with E-state index in [1.807, 2.05) is 30.0 Å². The van der Waals surface area contributed by atoms with E-state index in [0.717, 1.165) is 35.8 Å². The molecule has 0 saturated carbocycles. The lowest BCUT2D eigenvalue weighted by molar-refractivity contribution is -0.0706. The summed E-state index contributed by atoms with van der Waals surface area (Å²) in [5.41, 5.74) is 3.71. The van der Waals surface area contributed by atoms with E-state index in [-0.39, 0.29) is 18.1 Å². The molecule has 0 bridgehead atoms. The number of amides is 1. The Morgan fingerprint density at radius 1 is 1.23 bits per heavy atom. The number of likely N-dealkylation sites (tertiary alicyclic amines) is 1. The molecule has 1 amide bonds. The Morgan fingerprint density at radius 2 is 2.00 bits per heavy atom. The fraction of sp³-hybridized carbons (Fsp3) is 0.500. The highest BCUT2D eigenvalue weighted by atomic mass is 32.1. The summed E-state index contributed by atoms with van der Waals surface area (Å²) in [6.07, 6.45) is 2.51. The summed E-state index contributed by atoms with van der Waals surface area (Å²) < 4.78 is 6.19. The van der Waals surface area contributed by atoms with E-state index >= 15 is 0 Å². The number of morpholine rings is 1. The fourth-order valence-corrected chi connectivity index (χ4v) is 4.77. The minimum absolute atomic E-state index is 0.00132. The molecule has 4 rings (SSSR count). The SMILES string of the molecule is Cc1ncsc1C(=O)N1CCO[C@@H](CN2CCCC2)[C@@H]1c1ccccc1. The average molecular weight is 372 g/mol. The summed E-state index contributed by atoms with van der Waals surface area (Å²) in [5, 5.41) is 0. The highest BCUT2D eigenvalue weighted by Gasteiger charge is 2.38. The summed E-state index contributed by atoms with van der Waals surface area (Å²) in [6.45, 7) is 6.25. The second-order valence-electron chi connectivity index (χ2n) is 7.04. The smallest absolute Gasteiger partial charge is 0.266 e. The van der Waals surface area contributed by atoms with Gasteiger partial charge in [0, 0.05) is 13.1 Å². The van der Waals surface area contributed by atoms with Crippen LogP contribution in [0.1, 0.15) is 39.8 Å². The normalized spacial score (nSPS) is 24.1. The lowest BCUT2D eigenvalue weighted by atomic mass is 9.97. The van der Waals surface area contributed by atoms with E-state index in [1.165, 1.54) is 24.2 Å². The van der Waals surface area contributed by atoms with Gasteiger partial charge in [0.1, 0.15) is 4.88 Å². The van der Waals surface area contributed by atoms with Gasteiger partial charge in [0.15, 0.2) is 0 Å². The van der Waals surface area contributed by atoms with Gasteiger partial charge in [-0.15, -0.1) is 11.3 Å². The number of hydrogen-bond acceptors (Lipinski definition) is 5. The van der Waals surface area contributed by atoms with E-state index in [4.69, 9.17) is 4.74 Å². The molecule has 2 aliphatic rings. The first kappa shape index (κ1) is 17.6. The molecule has 0 aliphatic carbocycles. The summed E-state index contributed by atoms with van der Waals surface area (Å²) in [6, 6.07) is 10.3. The monoisotopic (exact) mass is 371 g/mol.